The number of aromatic nitrogens is 1. The van der Waals surface area contributed by atoms with E-state index in [-0.39, 0.29) is 6.61 Å². The first-order valence-electron chi connectivity index (χ1n) is 6.69. The molecule has 0 aliphatic heterocycles. The second kappa shape index (κ2) is 6.39. The summed E-state index contributed by atoms with van der Waals surface area (Å²) in [4.78, 5) is 4.47. The topological polar surface area (TPSA) is 54.4 Å². The van der Waals surface area contributed by atoms with E-state index in [0.29, 0.717) is 5.88 Å². The number of nitrogens with one attached hydrogen (secondary N) is 1. The first-order chi connectivity index (χ1) is 9.67. The summed E-state index contributed by atoms with van der Waals surface area (Å²) in [7, 11) is 1.64. The molecule has 20 heavy (non-hydrogen) atoms. The second-order valence-corrected chi connectivity index (χ2v) is 4.63. The summed E-state index contributed by atoms with van der Waals surface area (Å²) in [6.07, 6.45) is 0.863. The second-order valence-electron chi connectivity index (χ2n) is 4.63. The minimum absolute atomic E-state index is 0.0373. The van der Waals surface area contributed by atoms with E-state index in [0.717, 1.165) is 34.6 Å². The SMILES string of the molecule is CCc1cc(Nc2cccc(CO)c2)c(C)nc1OC. The lowest BCUT2D eigenvalue weighted by Gasteiger charge is -2.14. The van der Waals surface area contributed by atoms with E-state index >= 15 is 0 Å². The minimum atomic E-state index is 0.0373. The highest BCUT2D eigenvalue weighted by Crippen LogP contribution is 2.26. The van der Waals surface area contributed by atoms with E-state index in [2.05, 4.69) is 23.3 Å². The number of aliphatic hydroxyl groups is 1. The summed E-state index contributed by atoms with van der Waals surface area (Å²) >= 11 is 0. The molecule has 0 bridgehead atoms. The molecule has 0 radical (unpaired) electrons. The van der Waals surface area contributed by atoms with E-state index in [1.54, 1.807) is 7.11 Å². The van der Waals surface area contributed by atoms with Crippen LogP contribution < -0.4 is 10.1 Å². The van der Waals surface area contributed by atoms with Gasteiger partial charge in [-0.15, -0.1) is 0 Å². The smallest absolute Gasteiger partial charge is 0.216 e. The number of nitrogens with zero attached hydrogens (tertiary/aromatic N) is 1. The zero-order valence-electron chi connectivity index (χ0n) is 12.1. The number of hydrogen-bond acceptors (Lipinski definition) is 4. The fourth-order valence-corrected chi connectivity index (χ4v) is 2.08. The number of methoxy groups -OCH3 is 1. The molecule has 2 rings (SSSR count). The highest BCUT2D eigenvalue weighted by atomic mass is 16.5. The molecular formula is C16H20N2O2. The average molecular weight is 272 g/mol. The fourth-order valence-electron chi connectivity index (χ4n) is 2.08. The molecule has 0 amide bonds. The quantitative estimate of drug-likeness (QED) is 0.877. The van der Waals surface area contributed by atoms with Crippen molar-refractivity contribution in [2.45, 2.75) is 26.9 Å². The summed E-state index contributed by atoms with van der Waals surface area (Å²) in [6, 6.07) is 9.76. The maximum Gasteiger partial charge on any atom is 0.216 e. The van der Waals surface area contributed by atoms with Crippen LogP contribution in [0, 0.1) is 6.92 Å². The van der Waals surface area contributed by atoms with Gasteiger partial charge in [-0.3, -0.25) is 0 Å². The number of hydrogen-bond donors (Lipinski definition) is 2. The van der Waals surface area contributed by atoms with Crippen molar-refractivity contribution < 1.29 is 9.84 Å². The Hall–Kier alpha value is -2.07. The van der Waals surface area contributed by atoms with Crippen molar-refractivity contribution in [1.29, 1.82) is 0 Å². The van der Waals surface area contributed by atoms with Crippen LogP contribution in [0.1, 0.15) is 23.7 Å². The first kappa shape index (κ1) is 14.3. The number of ether oxygens (including phenoxy) is 1. The Labute approximate surface area is 119 Å². The molecule has 0 fully saturated rings. The van der Waals surface area contributed by atoms with Gasteiger partial charge in [0, 0.05) is 11.3 Å². The summed E-state index contributed by atoms with van der Waals surface area (Å²) in [6.45, 7) is 4.06. The van der Waals surface area contributed by atoms with Crippen molar-refractivity contribution >= 4 is 11.4 Å². The van der Waals surface area contributed by atoms with Crippen LogP contribution >= 0.6 is 0 Å². The van der Waals surface area contributed by atoms with Gasteiger partial charge in [0.1, 0.15) is 0 Å². The molecule has 0 unspecified atom stereocenters. The monoisotopic (exact) mass is 272 g/mol. The van der Waals surface area contributed by atoms with Crippen LogP contribution in [-0.4, -0.2) is 17.2 Å². The predicted molar refractivity (Wildman–Crippen MR) is 80.6 cm³/mol. The molecule has 1 aromatic heterocycles. The number of rotatable bonds is 5. The lowest BCUT2D eigenvalue weighted by molar-refractivity contribution is 0.282. The van der Waals surface area contributed by atoms with Crippen molar-refractivity contribution in [3.63, 3.8) is 0 Å². The Kier molecular flexibility index (Phi) is 4.58. The Balaban J connectivity index is 2.32. The predicted octanol–water partition coefficient (Wildman–Crippen LogP) is 3.20. The fraction of sp³-hybridized carbons (Fsp3) is 0.312. The van der Waals surface area contributed by atoms with Gasteiger partial charge in [-0.2, -0.15) is 0 Å². The van der Waals surface area contributed by atoms with Gasteiger partial charge >= 0.3 is 0 Å². The van der Waals surface area contributed by atoms with Crippen LogP contribution in [-0.2, 0) is 13.0 Å². The lowest BCUT2D eigenvalue weighted by Crippen LogP contribution is -2.01. The third kappa shape index (κ3) is 3.08. The number of aryl methyl sites for hydroxylation is 2. The van der Waals surface area contributed by atoms with E-state index in [4.69, 9.17) is 4.74 Å². The van der Waals surface area contributed by atoms with Crippen LogP contribution in [0.2, 0.25) is 0 Å². The van der Waals surface area contributed by atoms with E-state index in [1.807, 2.05) is 31.2 Å². The van der Waals surface area contributed by atoms with Crippen LogP contribution in [0.5, 0.6) is 5.88 Å². The minimum Gasteiger partial charge on any atom is -0.481 e. The molecule has 106 valence electrons. The summed E-state index contributed by atoms with van der Waals surface area (Å²) in [5.41, 5.74) is 4.73. The van der Waals surface area contributed by atoms with E-state index < -0.39 is 0 Å². The summed E-state index contributed by atoms with van der Waals surface area (Å²) in [5, 5.41) is 12.5. The number of benzene rings is 1. The van der Waals surface area contributed by atoms with Gasteiger partial charge in [0.15, 0.2) is 0 Å². The highest BCUT2D eigenvalue weighted by molar-refractivity contribution is 5.63. The molecule has 4 heteroatoms. The number of aliphatic hydroxyl groups excluding tert-OH is 1. The third-order valence-electron chi connectivity index (χ3n) is 3.22. The third-order valence-corrected chi connectivity index (χ3v) is 3.22. The molecule has 2 aromatic rings. The van der Waals surface area contributed by atoms with Gasteiger partial charge < -0.3 is 15.2 Å². The summed E-state index contributed by atoms with van der Waals surface area (Å²) < 4.78 is 5.29. The molecule has 1 heterocycles. The van der Waals surface area contributed by atoms with E-state index in [9.17, 15) is 5.11 Å². The van der Waals surface area contributed by atoms with Gasteiger partial charge in [-0.1, -0.05) is 19.1 Å². The Morgan fingerprint density at radius 2 is 2.10 bits per heavy atom. The van der Waals surface area contributed by atoms with Crippen molar-refractivity contribution in [1.82, 2.24) is 4.98 Å². The molecule has 0 spiro atoms. The van der Waals surface area contributed by atoms with Crippen LogP contribution in [0.15, 0.2) is 30.3 Å². The van der Waals surface area contributed by atoms with Crippen LogP contribution in [0.3, 0.4) is 0 Å². The molecule has 0 aliphatic carbocycles. The number of pyridine rings is 1. The van der Waals surface area contributed by atoms with Gasteiger partial charge in [-0.25, -0.2) is 4.98 Å². The van der Waals surface area contributed by atoms with Crippen molar-refractivity contribution in [2.75, 3.05) is 12.4 Å². The first-order valence-corrected chi connectivity index (χ1v) is 6.69. The molecular weight excluding hydrogens is 252 g/mol. The molecule has 1 aromatic carbocycles. The standard InChI is InChI=1S/C16H20N2O2/c1-4-13-9-15(11(2)17-16(13)20-3)18-14-7-5-6-12(8-14)10-19/h5-9,18-19H,4,10H2,1-3H3. The average Bonchev–Trinajstić information content (AvgIpc) is 2.49. The zero-order chi connectivity index (χ0) is 14.5. The van der Waals surface area contributed by atoms with Crippen LogP contribution in [0.25, 0.3) is 0 Å². The van der Waals surface area contributed by atoms with Gasteiger partial charge in [0.25, 0.3) is 0 Å². The molecule has 0 aliphatic rings. The van der Waals surface area contributed by atoms with Crippen molar-refractivity contribution in [3.05, 3.63) is 47.2 Å². The normalized spacial score (nSPS) is 10.4. The molecule has 2 N–H and O–H groups in total. The van der Waals surface area contributed by atoms with Gasteiger partial charge in [-0.05, 0) is 37.1 Å². The maximum atomic E-state index is 9.18. The highest BCUT2D eigenvalue weighted by Gasteiger charge is 2.08. The van der Waals surface area contributed by atoms with E-state index in [1.165, 1.54) is 0 Å². The molecule has 0 saturated carbocycles. The Bertz CT molecular complexity index is 597. The summed E-state index contributed by atoms with van der Waals surface area (Å²) in [5.74, 6) is 0.680. The molecule has 4 nitrogen and oxygen atoms in total. The molecule has 0 saturated heterocycles. The zero-order valence-corrected chi connectivity index (χ0v) is 12.1. The molecule has 0 atom stereocenters. The lowest BCUT2D eigenvalue weighted by atomic mass is 10.1. The Morgan fingerprint density at radius 3 is 2.75 bits per heavy atom. The van der Waals surface area contributed by atoms with Gasteiger partial charge in [0.2, 0.25) is 5.88 Å². The van der Waals surface area contributed by atoms with Gasteiger partial charge in [0.05, 0.1) is 25.1 Å². The van der Waals surface area contributed by atoms with Crippen LogP contribution in [0.4, 0.5) is 11.4 Å². The largest absolute Gasteiger partial charge is 0.481 e. The maximum absolute atomic E-state index is 9.18. The van der Waals surface area contributed by atoms with Crippen molar-refractivity contribution in [2.24, 2.45) is 0 Å². The Morgan fingerprint density at radius 1 is 1.30 bits per heavy atom. The number of anilines is 2. The van der Waals surface area contributed by atoms with Crippen molar-refractivity contribution in [3.8, 4) is 5.88 Å².